The molecule has 0 spiro atoms. The lowest BCUT2D eigenvalue weighted by Crippen LogP contribution is -2.39. The van der Waals surface area contributed by atoms with Crippen molar-refractivity contribution in [2.75, 3.05) is 13.1 Å². The summed E-state index contributed by atoms with van der Waals surface area (Å²) >= 11 is 6.93. The predicted molar refractivity (Wildman–Crippen MR) is 84.8 cm³/mol. The third-order valence-electron chi connectivity index (χ3n) is 3.70. The molecule has 0 atom stereocenters. The monoisotopic (exact) mass is 400 g/mol. The molecule has 1 amide bonds. The van der Waals surface area contributed by atoms with E-state index in [1.807, 2.05) is 17.0 Å². The average molecular weight is 402 g/mol. The van der Waals surface area contributed by atoms with Crippen molar-refractivity contribution in [3.8, 4) is 0 Å². The van der Waals surface area contributed by atoms with E-state index in [1.54, 1.807) is 6.20 Å². The molecule has 4 nitrogen and oxygen atoms in total. The Kier molecular flexibility index (Phi) is 3.88. The number of amides is 1. The van der Waals surface area contributed by atoms with Gasteiger partial charge < -0.3 is 15.0 Å². The number of carbonyl (C=O) groups is 1. The lowest BCUT2D eigenvalue weighted by Gasteiger charge is -2.29. The quantitative estimate of drug-likeness (QED) is 0.770. The van der Waals surface area contributed by atoms with Crippen molar-refractivity contribution in [2.24, 2.45) is 0 Å². The lowest BCUT2D eigenvalue weighted by atomic mass is 10.1. The molecule has 6 heteroatoms. The smallest absolute Gasteiger partial charge is 0.256 e. The lowest BCUT2D eigenvalue weighted by molar-refractivity contribution is 0.0548. The summed E-state index contributed by atoms with van der Waals surface area (Å²) in [5.74, 6) is 0.0253. The third-order valence-corrected chi connectivity index (χ3v) is 5.55. The maximum absolute atomic E-state index is 12.6. The molecule has 1 aromatic carbocycles. The SMILES string of the molecule is O=C(c1c[nH]c2cc(Br)c(Br)cc12)N1CCC(O)CC1. The highest BCUT2D eigenvalue weighted by molar-refractivity contribution is 9.13. The molecule has 1 aromatic heterocycles. The number of halogens is 2. The van der Waals surface area contributed by atoms with Gasteiger partial charge in [0.1, 0.15) is 0 Å². The number of hydrogen-bond donors (Lipinski definition) is 2. The van der Waals surface area contributed by atoms with Gasteiger partial charge in [-0.15, -0.1) is 0 Å². The van der Waals surface area contributed by atoms with Gasteiger partial charge in [-0.25, -0.2) is 0 Å². The zero-order chi connectivity index (χ0) is 14.3. The highest BCUT2D eigenvalue weighted by Crippen LogP contribution is 2.30. The Hall–Kier alpha value is -0.850. The fourth-order valence-corrected chi connectivity index (χ4v) is 3.22. The molecule has 0 bridgehead atoms. The van der Waals surface area contributed by atoms with Crippen LogP contribution in [0, 0.1) is 0 Å². The van der Waals surface area contributed by atoms with E-state index in [0.29, 0.717) is 31.5 Å². The average Bonchev–Trinajstić information content (AvgIpc) is 2.82. The van der Waals surface area contributed by atoms with E-state index >= 15 is 0 Å². The number of fused-ring (bicyclic) bond motifs is 1. The first-order valence-corrected chi connectivity index (χ1v) is 8.08. The van der Waals surface area contributed by atoms with E-state index in [-0.39, 0.29) is 12.0 Å². The number of aromatic nitrogens is 1. The first-order valence-electron chi connectivity index (χ1n) is 6.49. The summed E-state index contributed by atoms with van der Waals surface area (Å²) in [5.41, 5.74) is 1.62. The van der Waals surface area contributed by atoms with Gasteiger partial charge in [-0.1, -0.05) is 0 Å². The van der Waals surface area contributed by atoms with Crippen LogP contribution in [0.1, 0.15) is 23.2 Å². The zero-order valence-corrected chi connectivity index (χ0v) is 13.9. The molecule has 1 aliphatic rings. The minimum absolute atomic E-state index is 0.0253. The Morgan fingerprint density at radius 3 is 2.60 bits per heavy atom. The first-order chi connectivity index (χ1) is 9.56. The van der Waals surface area contributed by atoms with E-state index < -0.39 is 0 Å². The van der Waals surface area contributed by atoms with Crippen LogP contribution < -0.4 is 0 Å². The van der Waals surface area contributed by atoms with Crippen molar-refractivity contribution in [3.63, 3.8) is 0 Å². The Balaban J connectivity index is 1.94. The van der Waals surface area contributed by atoms with Crippen LogP contribution in [0.4, 0.5) is 0 Å². The van der Waals surface area contributed by atoms with Gasteiger partial charge in [0, 0.05) is 39.1 Å². The maximum atomic E-state index is 12.6. The highest BCUT2D eigenvalue weighted by atomic mass is 79.9. The van der Waals surface area contributed by atoms with Crippen molar-refractivity contribution in [1.29, 1.82) is 0 Å². The van der Waals surface area contributed by atoms with Gasteiger partial charge in [-0.2, -0.15) is 0 Å². The van der Waals surface area contributed by atoms with Crippen molar-refractivity contribution in [3.05, 3.63) is 32.8 Å². The van der Waals surface area contributed by atoms with Crippen LogP contribution in [0.15, 0.2) is 27.3 Å². The number of aliphatic hydroxyl groups excluding tert-OH is 1. The van der Waals surface area contributed by atoms with Crippen LogP contribution in [0.25, 0.3) is 10.9 Å². The Bertz CT molecular complexity index is 660. The van der Waals surface area contributed by atoms with E-state index in [2.05, 4.69) is 36.8 Å². The number of benzene rings is 1. The minimum atomic E-state index is -0.271. The van der Waals surface area contributed by atoms with Gasteiger partial charge in [-0.05, 0) is 56.8 Å². The first kappa shape index (κ1) is 14.1. The normalized spacial score (nSPS) is 16.9. The number of aromatic amines is 1. The number of rotatable bonds is 1. The van der Waals surface area contributed by atoms with Gasteiger partial charge in [0.15, 0.2) is 0 Å². The fraction of sp³-hybridized carbons (Fsp3) is 0.357. The van der Waals surface area contributed by atoms with E-state index in [4.69, 9.17) is 0 Å². The molecule has 0 unspecified atom stereocenters. The summed E-state index contributed by atoms with van der Waals surface area (Å²) in [5, 5.41) is 10.4. The predicted octanol–water partition coefficient (Wildman–Crippen LogP) is 3.29. The van der Waals surface area contributed by atoms with Crippen LogP contribution in [0.3, 0.4) is 0 Å². The van der Waals surface area contributed by atoms with Crippen molar-refractivity contribution in [2.45, 2.75) is 18.9 Å². The van der Waals surface area contributed by atoms with E-state index in [1.165, 1.54) is 0 Å². The fourth-order valence-electron chi connectivity index (χ4n) is 2.53. The van der Waals surface area contributed by atoms with E-state index in [9.17, 15) is 9.90 Å². The van der Waals surface area contributed by atoms with Crippen LogP contribution >= 0.6 is 31.9 Å². The maximum Gasteiger partial charge on any atom is 0.256 e. The molecule has 20 heavy (non-hydrogen) atoms. The molecule has 106 valence electrons. The zero-order valence-electron chi connectivity index (χ0n) is 10.7. The number of aliphatic hydroxyl groups is 1. The summed E-state index contributed by atoms with van der Waals surface area (Å²) in [6.45, 7) is 1.23. The van der Waals surface area contributed by atoms with Crippen molar-refractivity contribution < 1.29 is 9.90 Å². The van der Waals surface area contributed by atoms with Crippen LogP contribution in [-0.4, -0.2) is 40.1 Å². The standard InChI is InChI=1S/C14H14Br2N2O2/c15-11-5-9-10(7-17-13(9)6-12(11)16)14(20)18-3-1-8(19)2-4-18/h5-8,17,19H,1-4H2. The Labute approximate surface area is 133 Å². The van der Waals surface area contributed by atoms with Crippen LogP contribution in [0.5, 0.6) is 0 Å². The number of likely N-dealkylation sites (tertiary alicyclic amines) is 1. The Morgan fingerprint density at radius 1 is 1.25 bits per heavy atom. The number of hydrogen-bond acceptors (Lipinski definition) is 2. The van der Waals surface area contributed by atoms with E-state index in [0.717, 1.165) is 19.8 Å². The van der Waals surface area contributed by atoms with Gasteiger partial charge in [-0.3, -0.25) is 4.79 Å². The third kappa shape index (κ3) is 2.52. The molecule has 2 heterocycles. The molecule has 1 fully saturated rings. The van der Waals surface area contributed by atoms with Crippen molar-refractivity contribution in [1.82, 2.24) is 9.88 Å². The topological polar surface area (TPSA) is 56.3 Å². The van der Waals surface area contributed by atoms with Crippen LogP contribution in [-0.2, 0) is 0 Å². The molecular weight excluding hydrogens is 388 g/mol. The Morgan fingerprint density at radius 2 is 1.90 bits per heavy atom. The molecule has 1 saturated heterocycles. The molecular formula is C14H14Br2N2O2. The van der Waals surface area contributed by atoms with Crippen LogP contribution in [0.2, 0.25) is 0 Å². The number of carbonyl (C=O) groups excluding carboxylic acids is 1. The second-order valence-electron chi connectivity index (χ2n) is 5.04. The molecule has 3 rings (SSSR count). The summed E-state index contributed by atoms with van der Waals surface area (Å²) in [7, 11) is 0. The molecule has 2 N–H and O–H groups in total. The molecule has 0 aliphatic carbocycles. The molecule has 0 saturated carbocycles. The molecule has 1 aliphatic heterocycles. The largest absolute Gasteiger partial charge is 0.393 e. The molecule has 0 radical (unpaired) electrons. The summed E-state index contributed by atoms with van der Waals surface area (Å²) in [6, 6.07) is 3.90. The summed E-state index contributed by atoms with van der Waals surface area (Å²) in [6.07, 6.45) is 2.80. The van der Waals surface area contributed by atoms with Gasteiger partial charge in [0.2, 0.25) is 0 Å². The minimum Gasteiger partial charge on any atom is -0.393 e. The number of nitrogens with zero attached hydrogens (tertiary/aromatic N) is 1. The van der Waals surface area contributed by atoms with Gasteiger partial charge >= 0.3 is 0 Å². The van der Waals surface area contributed by atoms with Gasteiger partial charge in [0.05, 0.1) is 11.7 Å². The number of H-pyrrole nitrogens is 1. The van der Waals surface area contributed by atoms with Crippen molar-refractivity contribution >= 4 is 48.7 Å². The summed E-state index contributed by atoms with van der Waals surface area (Å²) in [4.78, 5) is 17.5. The number of piperidine rings is 1. The van der Waals surface area contributed by atoms with Gasteiger partial charge in [0.25, 0.3) is 5.91 Å². The second-order valence-corrected chi connectivity index (χ2v) is 6.75. The highest BCUT2D eigenvalue weighted by Gasteiger charge is 2.24. The molecule has 2 aromatic rings. The summed E-state index contributed by atoms with van der Waals surface area (Å²) < 4.78 is 1.87. The second kappa shape index (κ2) is 5.50. The number of nitrogens with one attached hydrogen (secondary N) is 1.